The number of benzene rings is 1. The standard InChI is InChI=1S/C13H17NO/c1-2-6-13(7-3-1)15-10-8-12-5-4-9-14-11-12/h1-3,5-7,14H,4,8-11H2. The molecule has 2 heteroatoms. The molecule has 1 N–H and O–H groups in total. The van der Waals surface area contributed by atoms with Crippen molar-refractivity contribution in [1.29, 1.82) is 0 Å². The third kappa shape index (κ3) is 3.40. The van der Waals surface area contributed by atoms with Crippen molar-refractivity contribution in [2.24, 2.45) is 0 Å². The fourth-order valence-corrected chi connectivity index (χ4v) is 1.71. The summed E-state index contributed by atoms with van der Waals surface area (Å²) in [5.41, 5.74) is 1.47. The average molecular weight is 203 g/mol. The number of hydrogen-bond acceptors (Lipinski definition) is 2. The number of ether oxygens (including phenoxy) is 1. The smallest absolute Gasteiger partial charge is 0.119 e. The Morgan fingerprint density at radius 3 is 2.80 bits per heavy atom. The van der Waals surface area contributed by atoms with E-state index >= 15 is 0 Å². The van der Waals surface area contributed by atoms with E-state index in [9.17, 15) is 0 Å². The van der Waals surface area contributed by atoms with Crippen LogP contribution >= 0.6 is 0 Å². The van der Waals surface area contributed by atoms with Crippen molar-refractivity contribution in [3.63, 3.8) is 0 Å². The van der Waals surface area contributed by atoms with Gasteiger partial charge in [0.15, 0.2) is 0 Å². The summed E-state index contributed by atoms with van der Waals surface area (Å²) in [7, 11) is 0. The van der Waals surface area contributed by atoms with Crippen molar-refractivity contribution in [2.75, 3.05) is 19.7 Å². The van der Waals surface area contributed by atoms with Crippen molar-refractivity contribution < 1.29 is 4.74 Å². The lowest BCUT2D eigenvalue weighted by Crippen LogP contribution is -2.23. The summed E-state index contributed by atoms with van der Waals surface area (Å²) in [4.78, 5) is 0. The maximum absolute atomic E-state index is 5.64. The molecule has 1 aliphatic rings. The maximum Gasteiger partial charge on any atom is 0.119 e. The largest absolute Gasteiger partial charge is 0.493 e. The Kier molecular flexibility index (Phi) is 3.80. The van der Waals surface area contributed by atoms with Crippen LogP contribution < -0.4 is 10.1 Å². The van der Waals surface area contributed by atoms with Gasteiger partial charge in [-0.15, -0.1) is 0 Å². The van der Waals surface area contributed by atoms with Crippen LogP contribution in [0.5, 0.6) is 5.75 Å². The molecule has 0 bridgehead atoms. The van der Waals surface area contributed by atoms with Gasteiger partial charge in [-0.1, -0.05) is 29.8 Å². The second kappa shape index (κ2) is 5.56. The average Bonchev–Trinajstić information content (AvgIpc) is 2.32. The molecule has 0 saturated carbocycles. The normalized spacial score (nSPS) is 15.9. The minimum atomic E-state index is 0.775. The molecule has 0 fully saturated rings. The highest BCUT2D eigenvalue weighted by Gasteiger charge is 2.02. The molecule has 1 aromatic carbocycles. The monoisotopic (exact) mass is 203 g/mol. The van der Waals surface area contributed by atoms with Crippen molar-refractivity contribution >= 4 is 0 Å². The van der Waals surface area contributed by atoms with E-state index in [4.69, 9.17) is 4.74 Å². The fourth-order valence-electron chi connectivity index (χ4n) is 1.71. The van der Waals surface area contributed by atoms with Gasteiger partial charge < -0.3 is 10.1 Å². The zero-order valence-electron chi connectivity index (χ0n) is 8.91. The van der Waals surface area contributed by atoms with Gasteiger partial charge >= 0.3 is 0 Å². The van der Waals surface area contributed by atoms with Gasteiger partial charge in [-0.2, -0.15) is 0 Å². The number of rotatable bonds is 4. The number of nitrogens with one attached hydrogen (secondary N) is 1. The lowest BCUT2D eigenvalue weighted by atomic mass is 10.1. The lowest BCUT2D eigenvalue weighted by molar-refractivity contribution is 0.319. The quantitative estimate of drug-likeness (QED) is 0.759. The van der Waals surface area contributed by atoms with Crippen LogP contribution in [0.15, 0.2) is 42.0 Å². The Morgan fingerprint density at radius 1 is 1.20 bits per heavy atom. The Hall–Kier alpha value is -1.28. The van der Waals surface area contributed by atoms with Crippen LogP contribution in [0.2, 0.25) is 0 Å². The molecule has 0 unspecified atom stereocenters. The zero-order chi connectivity index (χ0) is 10.3. The highest BCUT2D eigenvalue weighted by molar-refractivity contribution is 5.21. The van der Waals surface area contributed by atoms with E-state index in [0.29, 0.717) is 0 Å². The lowest BCUT2D eigenvalue weighted by Gasteiger charge is -2.14. The molecule has 2 rings (SSSR count). The molecule has 0 spiro atoms. The Balaban J connectivity index is 1.73. The summed E-state index contributed by atoms with van der Waals surface area (Å²) in [6.07, 6.45) is 4.51. The highest BCUT2D eigenvalue weighted by atomic mass is 16.5. The second-order valence-electron chi connectivity index (χ2n) is 3.74. The fraction of sp³-hybridized carbons (Fsp3) is 0.385. The number of hydrogen-bond donors (Lipinski definition) is 1. The van der Waals surface area contributed by atoms with Gasteiger partial charge in [-0.25, -0.2) is 0 Å². The van der Waals surface area contributed by atoms with E-state index in [2.05, 4.69) is 11.4 Å². The molecular weight excluding hydrogens is 186 g/mol. The van der Waals surface area contributed by atoms with E-state index in [0.717, 1.165) is 38.3 Å². The Morgan fingerprint density at radius 2 is 2.07 bits per heavy atom. The van der Waals surface area contributed by atoms with Crippen LogP contribution in [0.4, 0.5) is 0 Å². The molecule has 80 valence electrons. The highest BCUT2D eigenvalue weighted by Crippen LogP contribution is 2.11. The predicted molar refractivity (Wildman–Crippen MR) is 62.1 cm³/mol. The van der Waals surface area contributed by atoms with Crippen LogP contribution in [0.25, 0.3) is 0 Å². The topological polar surface area (TPSA) is 21.3 Å². The second-order valence-corrected chi connectivity index (χ2v) is 3.74. The maximum atomic E-state index is 5.64. The van der Waals surface area contributed by atoms with E-state index in [1.807, 2.05) is 30.3 Å². The molecule has 1 heterocycles. The van der Waals surface area contributed by atoms with Gasteiger partial charge in [0.2, 0.25) is 0 Å². The molecule has 1 aromatic rings. The zero-order valence-corrected chi connectivity index (χ0v) is 8.91. The van der Waals surface area contributed by atoms with Gasteiger partial charge in [-0.3, -0.25) is 0 Å². The minimum absolute atomic E-state index is 0.775. The van der Waals surface area contributed by atoms with Crippen molar-refractivity contribution in [3.05, 3.63) is 42.0 Å². The molecule has 0 aliphatic carbocycles. The molecule has 0 atom stereocenters. The summed E-state index contributed by atoms with van der Waals surface area (Å²) in [6, 6.07) is 9.98. The van der Waals surface area contributed by atoms with Crippen LogP contribution in [-0.4, -0.2) is 19.7 Å². The van der Waals surface area contributed by atoms with Crippen molar-refractivity contribution in [3.8, 4) is 5.75 Å². The first-order valence-electron chi connectivity index (χ1n) is 5.51. The van der Waals surface area contributed by atoms with E-state index in [1.165, 1.54) is 5.57 Å². The van der Waals surface area contributed by atoms with Crippen LogP contribution in [0.1, 0.15) is 12.8 Å². The number of para-hydroxylation sites is 1. The first-order valence-corrected chi connectivity index (χ1v) is 5.51. The Bertz CT molecular complexity index is 319. The minimum Gasteiger partial charge on any atom is -0.493 e. The molecule has 15 heavy (non-hydrogen) atoms. The summed E-state index contributed by atoms with van der Waals surface area (Å²) >= 11 is 0. The van der Waals surface area contributed by atoms with Gasteiger partial charge in [0.25, 0.3) is 0 Å². The molecule has 0 radical (unpaired) electrons. The summed E-state index contributed by atoms with van der Waals surface area (Å²) in [5.74, 6) is 0.960. The third-order valence-corrected chi connectivity index (χ3v) is 2.54. The first-order chi connectivity index (χ1) is 7.45. The van der Waals surface area contributed by atoms with E-state index in [1.54, 1.807) is 0 Å². The van der Waals surface area contributed by atoms with Gasteiger partial charge in [0.1, 0.15) is 5.75 Å². The molecule has 1 aliphatic heterocycles. The van der Waals surface area contributed by atoms with Gasteiger partial charge in [0, 0.05) is 13.0 Å². The third-order valence-electron chi connectivity index (χ3n) is 2.54. The van der Waals surface area contributed by atoms with Gasteiger partial charge in [0.05, 0.1) is 6.61 Å². The van der Waals surface area contributed by atoms with Crippen LogP contribution in [0.3, 0.4) is 0 Å². The van der Waals surface area contributed by atoms with E-state index < -0.39 is 0 Å². The first kappa shape index (κ1) is 10.2. The SMILES string of the molecule is C1=C(CCOc2ccccc2)CNCC1. The van der Waals surface area contributed by atoms with Gasteiger partial charge in [-0.05, 0) is 25.1 Å². The van der Waals surface area contributed by atoms with E-state index in [-0.39, 0.29) is 0 Å². The molecule has 0 saturated heterocycles. The Labute approximate surface area is 91.0 Å². The van der Waals surface area contributed by atoms with Crippen molar-refractivity contribution in [2.45, 2.75) is 12.8 Å². The molecule has 2 nitrogen and oxygen atoms in total. The van der Waals surface area contributed by atoms with Crippen LogP contribution in [0, 0.1) is 0 Å². The molecular formula is C13H17NO. The summed E-state index contributed by atoms with van der Waals surface area (Å²) in [6.45, 7) is 2.92. The van der Waals surface area contributed by atoms with Crippen molar-refractivity contribution in [1.82, 2.24) is 5.32 Å². The predicted octanol–water partition coefficient (Wildman–Crippen LogP) is 2.38. The summed E-state index contributed by atoms with van der Waals surface area (Å²) < 4.78 is 5.64. The van der Waals surface area contributed by atoms with Crippen LogP contribution in [-0.2, 0) is 0 Å². The molecule has 0 amide bonds. The summed E-state index contributed by atoms with van der Waals surface area (Å²) in [5, 5.41) is 3.36. The molecule has 0 aromatic heterocycles.